The fraction of sp³-hybridized carbons (Fsp3) is 0.464. The molecule has 1 aromatic carbocycles. The maximum Gasteiger partial charge on any atom is 0.227 e. The van der Waals surface area contributed by atoms with E-state index in [1.165, 1.54) is 19.3 Å². The van der Waals surface area contributed by atoms with Crippen molar-refractivity contribution in [1.29, 1.82) is 0 Å². The summed E-state index contributed by atoms with van der Waals surface area (Å²) in [5, 5.41) is 6.19. The molecule has 0 spiro atoms. The van der Waals surface area contributed by atoms with Gasteiger partial charge in [0.05, 0.1) is 0 Å². The summed E-state index contributed by atoms with van der Waals surface area (Å²) in [5.74, 6) is 2.92. The largest absolute Gasteiger partial charge is 0.355 e. The predicted molar refractivity (Wildman–Crippen MR) is 132 cm³/mol. The second kappa shape index (κ2) is 8.26. The number of anilines is 1. The van der Waals surface area contributed by atoms with Crippen molar-refractivity contribution < 1.29 is 9.59 Å². The molecule has 6 heteroatoms. The monoisotopic (exact) mass is 456 g/mol. The number of aryl methyl sites for hydroxylation is 1. The van der Waals surface area contributed by atoms with Gasteiger partial charge < -0.3 is 10.6 Å². The van der Waals surface area contributed by atoms with Crippen molar-refractivity contribution in [2.75, 3.05) is 11.9 Å². The molecular formula is C28H32N4O2. The number of benzene rings is 1. The molecular weight excluding hydrogens is 424 g/mol. The Labute approximate surface area is 200 Å². The summed E-state index contributed by atoms with van der Waals surface area (Å²) >= 11 is 0. The predicted octanol–water partition coefficient (Wildman–Crippen LogP) is 4.97. The standard InChI is InChI=1S/C28H32N4O2/c1-18-8-10-32-23(11-18)30-25(22-5-3-2-4-6-22)26(32)31-24(33)7-9-29-27(34)28-15-19-12-20(16-28)14-21(13-19)17-28/h2-6,8,10-11,19-21H,7,9,12-17H2,1H3,(H,29,34)(H,31,33). The Hall–Kier alpha value is -3.15. The summed E-state index contributed by atoms with van der Waals surface area (Å²) in [5.41, 5.74) is 3.43. The van der Waals surface area contributed by atoms with Crippen LogP contribution in [-0.2, 0) is 9.59 Å². The normalized spacial score (nSPS) is 27.1. The lowest BCUT2D eigenvalue weighted by atomic mass is 9.49. The van der Waals surface area contributed by atoms with Gasteiger partial charge in [0, 0.05) is 30.1 Å². The Balaban J connectivity index is 1.14. The van der Waals surface area contributed by atoms with E-state index in [-0.39, 0.29) is 23.7 Å². The van der Waals surface area contributed by atoms with Gasteiger partial charge in [0.1, 0.15) is 17.2 Å². The Kier molecular flexibility index (Phi) is 5.19. The lowest BCUT2D eigenvalue weighted by Crippen LogP contribution is -2.53. The topological polar surface area (TPSA) is 75.5 Å². The Morgan fingerprint density at radius 3 is 2.38 bits per heavy atom. The third kappa shape index (κ3) is 3.79. The van der Waals surface area contributed by atoms with Crippen LogP contribution >= 0.6 is 0 Å². The highest BCUT2D eigenvalue weighted by Crippen LogP contribution is 2.60. The number of hydrogen-bond acceptors (Lipinski definition) is 3. The zero-order valence-corrected chi connectivity index (χ0v) is 19.7. The van der Waals surface area contributed by atoms with E-state index in [4.69, 9.17) is 4.98 Å². The third-order valence-corrected chi connectivity index (χ3v) is 8.24. The molecule has 0 aliphatic heterocycles. The van der Waals surface area contributed by atoms with Crippen molar-refractivity contribution >= 4 is 23.3 Å². The summed E-state index contributed by atoms with van der Waals surface area (Å²) in [4.78, 5) is 30.9. The first-order chi connectivity index (χ1) is 16.5. The van der Waals surface area contributed by atoms with Gasteiger partial charge >= 0.3 is 0 Å². The van der Waals surface area contributed by atoms with Crippen LogP contribution in [0.1, 0.15) is 50.5 Å². The molecule has 2 aromatic heterocycles. The minimum absolute atomic E-state index is 0.120. The number of carbonyl (C=O) groups is 2. The van der Waals surface area contributed by atoms with Gasteiger partial charge in [-0.25, -0.2) is 4.98 Å². The number of pyridine rings is 1. The van der Waals surface area contributed by atoms with Gasteiger partial charge in [-0.05, 0) is 80.9 Å². The maximum atomic E-state index is 13.2. The fourth-order valence-electron chi connectivity index (χ4n) is 7.12. The van der Waals surface area contributed by atoms with E-state index >= 15 is 0 Å². The number of nitrogens with zero attached hydrogens (tertiary/aromatic N) is 2. The van der Waals surface area contributed by atoms with Gasteiger partial charge in [0.15, 0.2) is 0 Å². The van der Waals surface area contributed by atoms with Crippen molar-refractivity contribution in [3.05, 3.63) is 54.2 Å². The molecule has 4 fully saturated rings. The van der Waals surface area contributed by atoms with Gasteiger partial charge in [-0.3, -0.25) is 14.0 Å². The van der Waals surface area contributed by atoms with Crippen molar-refractivity contribution in [1.82, 2.24) is 14.7 Å². The minimum Gasteiger partial charge on any atom is -0.355 e. The molecule has 34 heavy (non-hydrogen) atoms. The maximum absolute atomic E-state index is 13.2. The molecule has 0 unspecified atom stereocenters. The first kappa shape index (κ1) is 21.4. The molecule has 7 rings (SSSR count). The van der Waals surface area contributed by atoms with Crippen LogP contribution in [0, 0.1) is 30.1 Å². The van der Waals surface area contributed by atoms with Gasteiger partial charge in [0.2, 0.25) is 11.8 Å². The van der Waals surface area contributed by atoms with Crippen LogP contribution in [0.15, 0.2) is 48.7 Å². The van der Waals surface area contributed by atoms with Crippen LogP contribution in [0.2, 0.25) is 0 Å². The lowest BCUT2D eigenvalue weighted by Gasteiger charge is -2.55. The number of imidazole rings is 1. The zero-order chi connectivity index (χ0) is 23.3. The summed E-state index contributed by atoms with van der Waals surface area (Å²) in [6, 6.07) is 13.9. The molecule has 2 N–H and O–H groups in total. The molecule has 2 heterocycles. The van der Waals surface area contributed by atoms with Crippen molar-refractivity contribution in [2.24, 2.45) is 23.2 Å². The van der Waals surface area contributed by atoms with E-state index < -0.39 is 0 Å². The summed E-state index contributed by atoms with van der Waals surface area (Å²) < 4.78 is 1.92. The molecule has 4 bridgehead atoms. The molecule has 0 saturated heterocycles. The van der Waals surface area contributed by atoms with Gasteiger partial charge in [-0.2, -0.15) is 0 Å². The van der Waals surface area contributed by atoms with Crippen LogP contribution in [0.5, 0.6) is 0 Å². The van der Waals surface area contributed by atoms with E-state index in [9.17, 15) is 9.59 Å². The molecule has 4 aliphatic rings. The highest BCUT2D eigenvalue weighted by atomic mass is 16.2. The second-order valence-corrected chi connectivity index (χ2v) is 10.9. The van der Waals surface area contributed by atoms with Crippen LogP contribution in [0.4, 0.5) is 5.82 Å². The number of aromatic nitrogens is 2. The van der Waals surface area contributed by atoms with Crippen LogP contribution in [0.25, 0.3) is 16.9 Å². The minimum atomic E-state index is -0.175. The first-order valence-corrected chi connectivity index (χ1v) is 12.6. The summed E-state index contributed by atoms with van der Waals surface area (Å²) in [6.07, 6.45) is 9.25. The molecule has 0 radical (unpaired) electrons. The molecule has 176 valence electrons. The second-order valence-electron chi connectivity index (χ2n) is 10.9. The average molecular weight is 457 g/mol. The van der Waals surface area contributed by atoms with Crippen LogP contribution < -0.4 is 10.6 Å². The fourth-order valence-corrected chi connectivity index (χ4v) is 7.12. The molecule has 3 aromatic rings. The van der Waals surface area contributed by atoms with E-state index in [1.54, 1.807) is 0 Å². The van der Waals surface area contributed by atoms with E-state index in [2.05, 4.69) is 10.6 Å². The Morgan fingerprint density at radius 1 is 1.03 bits per heavy atom. The van der Waals surface area contributed by atoms with Crippen molar-refractivity contribution in [2.45, 2.75) is 51.9 Å². The SMILES string of the molecule is Cc1ccn2c(NC(=O)CCNC(=O)C34CC5CC(CC(C5)C3)C4)c(-c3ccccc3)nc2c1. The lowest BCUT2D eigenvalue weighted by molar-refractivity contribution is -0.146. The molecule has 6 nitrogen and oxygen atoms in total. The van der Waals surface area contributed by atoms with E-state index in [0.717, 1.165) is 59.5 Å². The number of nitrogens with one attached hydrogen (secondary N) is 2. The van der Waals surface area contributed by atoms with Gasteiger partial charge in [0.25, 0.3) is 0 Å². The van der Waals surface area contributed by atoms with Crippen LogP contribution in [-0.4, -0.2) is 27.7 Å². The van der Waals surface area contributed by atoms with Gasteiger partial charge in [-0.15, -0.1) is 0 Å². The Bertz CT molecular complexity index is 1210. The highest BCUT2D eigenvalue weighted by Gasteiger charge is 2.54. The molecule has 4 saturated carbocycles. The Morgan fingerprint density at radius 2 is 1.71 bits per heavy atom. The highest BCUT2D eigenvalue weighted by molar-refractivity contribution is 5.95. The molecule has 0 atom stereocenters. The third-order valence-electron chi connectivity index (χ3n) is 8.24. The molecule has 2 amide bonds. The van der Waals surface area contributed by atoms with Crippen molar-refractivity contribution in [3.8, 4) is 11.3 Å². The van der Waals surface area contributed by atoms with Gasteiger partial charge in [-0.1, -0.05) is 30.3 Å². The average Bonchev–Trinajstić information content (AvgIpc) is 3.16. The van der Waals surface area contributed by atoms with E-state index in [1.807, 2.05) is 60.0 Å². The smallest absolute Gasteiger partial charge is 0.227 e. The number of carbonyl (C=O) groups excluding carboxylic acids is 2. The van der Waals surface area contributed by atoms with Crippen LogP contribution in [0.3, 0.4) is 0 Å². The summed E-state index contributed by atoms with van der Waals surface area (Å²) in [6.45, 7) is 2.39. The number of fused-ring (bicyclic) bond motifs is 1. The first-order valence-electron chi connectivity index (χ1n) is 12.6. The number of amides is 2. The zero-order valence-electron chi connectivity index (χ0n) is 19.7. The number of hydrogen-bond donors (Lipinski definition) is 2. The van der Waals surface area contributed by atoms with Crippen molar-refractivity contribution in [3.63, 3.8) is 0 Å². The van der Waals surface area contributed by atoms with E-state index in [0.29, 0.717) is 12.4 Å². The quantitative estimate of drug-likeness (QED) is 0.550. The number of rotatable bonds is 6. The molecule has 4 aliphatic carbocycles. The summed E-state index contributed by atoms with van der Waals surface area (Å²) in [7, 11) is 0.